The molecule has 0 unspecified atom stereocenters. The number of hydrazone groups is 1. The summed E-state index contributed by atoms with van der Waals surface area (Å²) in [4.78, 5) is 12.5. The van der Waals surface area contributed by atoms with Crippen LogP contribution in [0.1, 0.15) is 19.4 Å². The van der Waals surface area contributed by atoms with E-state index in [9.17, 15) is 4.79 Å². The minimum absolute atomic E-state index is 0.336. The Labute approximate surface area is 193 Å². The first-order chi connectivity index (χ1) is 16.2. The number of fused-ring (bicyclic) bond motifs is 1. The third kappa shape index (κ3) is 5.39. The molecule has 0 aliphatic heterocycles. The first-order valence-electron chi connectivity index (χ1n) is 11.0. The summed E-state index contributed by atoms with van der Waals surface area (Å²) >= 11 is 0. The maximum absolute atomic E-state index is 12.5. The number of amides is 1. The number of ether oxygens (including phenoxy) is 2. The molecule has 1 amide bonds. The Kier molecular flexibility index (Phi) is 7.00. The van der Waals surface area contributed by atoms with Crippen LogP contribution in [-0.4, -0.2) is 24.8 Å². The maximum atomic E-state index is 12.5. The Morgan fingerprint density at radius 1 is 0.909 bits per heavy atom. The van der Waals surface area contributed by atoms with E-state index in [0.717, 1.165) is 33.2 Å². The van der Waals surface area contributed by atoms with Crippen LogP contribution in [0.5, 0.6) is 11.5 Å². The Hall–Kier alpha value is -4.12. The number of nitrogens with zero attached hydrogens (tertiary/aromatic N) is 1. The van der Waals surface area contributed by atoms with Crippen LogP contribution in [0.2, 0.25) is 0 Å². The van der Waals surface area contributed by atoms with Crippen molar-refractivity contribution in [1.29, 1.82) is 0 Å². The summed E-state index contributed by atoms with van der Waals surface area (Å²) in [6.45, 7) is 4.17. The predicted molar refractivity (Wildman–Crippen MR) is 133 cm³/mol. The molecule has 166 valence electrons. The zero-order chi connectivity index (χ0) is 23.0. The van der Waals surface area contributed by atoms with Crippen LogP contribution in [0.15, 0.2) is 96.1 Å². The number of rotatable bonds is 8. The van der Waals surface area contributed by atoms with Gasteiger partial charge in [0.1, 0.15) is 11.5 Å². The van der Waals surface area contributed by atoms with Gasteiger partial charge in [-0.2, -0.15) is 5.10 Å². The summed E-state index contributed by atoms with van der Waals surface area (Å²) in [5.41, 5.74) is 5.61. The van der Waals surface area contributed by atoms with E-state index in [0.29, 0.717) is 12.4 Å². The van der Waals surface area contributed by atoms with Gasteiger partial charge in [-0.15, -0.1) is 0 Å². The second kappa shape index (κ2) is 10.5. The van der Waals surface area contributed by atoms with Crippen molar-refractivity contribution in [3.63, 3.8) is 0 Å². The molecule has 4 aromatic carbocycles. The topological polar surface area (TPSA) is 59.9 Å². The van der Waals surface area contributed by atoms with Gasteiger partial charge in [0.2, 0.25) is 0 Å². The molecule has 4 aromatic rings. The van der Waals surface area contributed by atoms with Crippen LogP contribution >= 0.6 is 0 Å². The van der Waals surface area contributed by atoms with Crippen molar-refractivity contribution >= 4 is 22.9 Å². The van der Waals surface area contributed by atoms with E-state index in [1.165, 1.54) is 0 Å². The molecule has 33 heavy (non-hydrogen) atoms. The lowest BCUT2D eigenvalue weighted by molar-refractivity contribution is -0.127. The quantitative estimate of drug-likeness (QED) is 0.278. The lowest BCUT2D eigenvalue weighted by Crippen LogP contribution is -2.33. The van der Waals surface area contributed by atoms with E-state index >= 15 is 0 Å². The van der Waals surface area contributed by atoms with Crippen molar-refractivity contribution in [3.05, 3.63) is 96.6 Å². The molecule has 0 aliphatic rings. The van der Waals surface area contributed by atoms with Crippen molar-refractivity contribution in [2.45, 2.75) is 20.0 Å². The molecule has 1 atom stereocenters. The summed E-state index contributed by atoms with van der Waals surface area (Å²) < 4.78 is 11.5. The zero-order valence-electron chi connectivity index (χ0n) is 18.7. The van der Waals surface area contributed by atoms with Crippen LogP contribution in [0, 0.1) is 0 Å². The monoisotopic (exact) mass is 438 g/mol. The molecule has 5 heteroatoms. The molecular formula is C28H26N2O3. The summed E-state index contributed by atoms with van der Waals surface area (Å²) in [5.74, 6) is 1.00. The largest absolute Gasteiger partial charge is 0.493 e. The van der Waals surface area contributed by atoms with Crippen molar-refractivity contribution in [2.24, 2.45) is 5.10 Å². The van der Waals surface area contributed by atoms with E-state index in [-0.39, 0.29) is 5.91 Å². The van der Waals surface area contributed by atoms with Gasteiger partial charge >= 0.3 is 0 Å². The van der Waals surface area contributed by atoms with Gasteiger partial charge < -0.3 is 9.47 Å². The summed E-state index contributed by atoms with van der Waals surface area (Å²) in [5, 5.41) is 6.24. The highest BCUT2D eigenvalue weighted by atomic mass is 16.5. The lowest BCUT2D eigenvalue weighted by Gasteiger charge is -2.14. The highest BCUT2D eigenvalue weighted by Crippen LogP contribution is 2.27. The fraction of sp³-hybridized carbons (Fsp3) is 0.143. The van der Waals surface area contributed by atoms with Crippen LogP contribution in [0.3, 0.4) is 0 Å². The highest BCUT2D eigenvalue weighted by Gasteiger charge is 2.14. The second-order valence-electron chi connectivity index (χ2n) is 7.52. The van der Waals surface area contributed by atoms with Gasteiger partial charge in [0.15, 0.2) is 6.10 Å². The number of benzene rings is 4. The Morgan fingerprint density at radius 3 is 2.36 bits per heavy atom. The maximum Gasteiger partial charge on any atom is 0.280 e. The van der Waals surface area contributed by atoms with Crippen molar-refractivity contribution < 1.29 is 14.3 Å². The summed E-state index contributed by atoms with van der Waals surface area (Å²) in [7, 11) is 0. The van der Waals surface area contributed by atoms with Gasteiger partial charge in [0, 0.05) is 5.56 Å². The average Bonchev–Trinajstić information content (AvgIpc) is 2.86. The van der Waals surface area contributed by atoms with Crippen molar-refractivity contribution in [2.75, 3.05) is 6.61 Å². The molecule has 0 heterocycles. The van der Waals surface area contributed by atoms with Gasteiger partial charge in [0.25, 0.3) is 5.91 Å². The number of nitrogens with one attached hydrogen (secondary N) is 1. The van der Waals surface area contributed by atoms with Crippen molar-refractivity contribution in [3.8, 4) is 22.6 Å². The molecule has 0 fully saturated rings. The van der Waals surface area contributed by atoms with E-state index in [1.54, 1.807) is 13.1 Å². The first kappa shape index (κ1) is 22.1. The molecule has 0 saturated heterocycles. The molecule has 5 nitrogen and oxygen atoms in total. The van der Waals surface area contributed by atoms with E-state index in [4.69, 9.17) is 9.47 Å². The molecule has 0 radical (unpaired) electrons. The van der Waals surface area contributed by atoms with E-state index in [1.807, 2.05) is 85.8 Å². The minimum atomic E-state index is -0.705. The third-order valence-electron chi connectivity index (χ3n) is 5.24. The molecule has 0 aromatic heterocycles. The molecular weight excluding hydrogens is 412 g/mol. The first-order valence-corrected chi connectivity index (χ1v) is 11.0. The fourth-order valence-electron chi connectivity index (χ4n) is 3.56. The number of carbonyl (C=O) groups excluding carboxylic acids is 1. The van der Waals surface area contributed by atoms with Crippen LogP contribution in [0.25, 0.3) is 21.9 Å². The van der Waals surface area contributed by atoms with Crippen LogP contribution in [0.4, 0.5) is 0 Å². The Bertz CT molecular complexity index is 1250. The lowest BCUT2D eigenvalue weighted by atomic mass is 10.0. The minimum Gasteiger partial charge on any atom is -0.493 e. The van der Waals surface area contributed by atoms with E-state index in [2.05, 4.69) is 22.7 Å². The van der Waals surface area contributed by atoms with Crippen LogP contribution < -0.4 is 14.9 Å². The third-order valence-corrected chi connectivity index (χ3v) is 5.24. The Morgan fingerprint density at radius 2 is 1.61 bits per heavy atom. The summed E-state index contributed by atoms with van der Waals surface area (Å²) in [6.07, 6.45) is 0.913. The predicted octanol–water partition coefficient (Wildman–Crippen LogP) is 5.82. The number of carbonyl (C=O) groups is 1. The molecule has 0 bridgehead atoms. The smallest absolute Gasteiger partial charge is 0.280 e. The van der Waals surface area contributed by atoms with Gasteiger partial charge in [-0.3, -0.25) is 4.79 Å². The normalized spacial score (nSPS) is 11.9. The zero-order valence-corrected chi connectivity index (χ0v) is 18.7. The fourth-order valence-corrected chi connectivity index (χ4v) is 3.56. The molecule has 0 aliphatic carbocycles. The average molecular weight is 439 g/mol. The Balaban J connectivity index is 1.41. The van der Waals surface area contributed by atoms with Gasteiger partial charge in [-0.05, 0) is 53.9 Å². The van der Waals surface area contributed by atoms with Gasteiger partial charge in [0.05, 0.1) is 12.8 Å². The van der Waals surface area contributed by atoms with Gasteiger partial charge in [-0.1, -0.05) is 72.8 Å². The number of hydrogen-bond donors (Lipinski definition) is 1. The van der Waals surface area contributed by atoms with Gasteiger partial charge in [-0.25, -0.2) is 5.43 Å². The molecule has 0 spiro atoms. The van der Waals surface area contributed by atoms with E-state index < -0.39 is 6.10 Å². The second-order valence-corrected chi connectivity index (χ2v) is 7.52. The van der Waals surface area contributed by atoms with Crippen LogP contribution in [-0.2, 0) is 4.79 Å². The SMILES string of the molecule is CCOc1ccc2ccccc2c1C=NNC(=O)[C@@H](C)Oc1ccc(-c2ccccc2)cc1. The molecule has 4 rings (SSSR count). The standard InChI is InChI=1S/C28H26N2O3/c1-3-32-27-18-15-23-11-7-8-12-25(23)26(27)19-29-30-28(31)20(2)33-24-16-13-22(14-17-24)21-9-5-4-6-10-21/h4-20H,3H2,1-2H3,(H,30,31)/t20-/m1/s1. The highest BCUT2D eigenvalue weighted by molar-refractivity contribution is 6.02. The molecule has 0 saturated carbocycles. The number of hydrogen-bond acceptors (Lipinski definition) is 4. The van der Waals surface area contributed by atoms with Crippen molar-refractivity contribution in [1.82, 2.24) is 5.43 Å². The molecule has 1 N–H and O–H groups in total. The summed E-state index contributed by atoms with van der Waals surface area (Å²) in [6, 6.07) is 29.7.